The lowest BCUT2D eigenvalue weighted by atomic mass is 9.53. The van der Waals surface area contributed by atoms with Gasteiger partial charge in [-0.1, -0.05) is 0 Å². The highest BCUT2D eigenvalue weighted by Crippen LogP contribution is 2.55. The first kappa shape index (κ1) is 14.8. The van der Waals surface area contributed by atoms with E-state index in [0.717, 1.165) is 37.0 Å². The quantitative estimate of drug-likeness (QED) is 0.770. The van der Waals surface area contributed by atoms with Crippen molar-refractivity contribution in [3.63, 3.8) is 0 Å². The zero-order chi connectivity index (χ0) is 14.4. The van der Waals surface area contributed by atoms with E-state index in [0.29, 0.717) is 19.5 Å². The lowest BCUT2D eigenvalue weighted by Gasteiger charge is -2.56. The van der Waals surface area contributed by atoms with Crippen LogP contribution < -0.4 is 10.5 Å². The summed E-state index contributed by atoms with van der Waals surface area (Å²) in [5, 5.41) is 0. The molecule has 0 spiro atoms. The molecule has 0 aromatic heterocycles. The normalized spacial score (nSPS) is 39.6. The van der Waals surface area contributed by atoms with Crippen molar-refractivity contribution in [2.75, 3.05) is 20.1 Å². The molecule has 4 bridgehead atoms. The van der Waals surface area contributed by atoms with Crippen LogP contribution in [0.3, 0.4) is 0 Å². The zero-order valence-corrected chi connectivity index (χ0v) is 13.2. The summed E-state index contributed by atoms with van der Waals surface area (Å²) < 4.78 is 29.5. The molecule has 0 aromatic rings. The maximum atomic E-state index is 12.5. The number of hydrogen-bond acceptors (Lipinski definition) is 3. The fourth-order valence-electron chi connectivity index (χ4n) is 5.02. The maximum Gasteiger partial charge on any atom is 0.279 e. The van der Waals surface area contributed by atoms with Crippen LogP contribution in [-0.4, -0.2) is 38.4 Å². The lowest BCUT2D eigenvalue weighted by Crippen LogP contribution is -2.61. The van der Waals surface area contributed by atoms with E-state index in [1.807, 2.05) is 0 Å². The number of nitrogens with zero attached hydrogens (tertiary/aromatic N) is 1. The van der Waals surface area contributed by atoms with E-state index in [-0.39, 0.29) is 5.54 Å². The van der Waals surface area contributed by atoms with Crippen molar-refractivity contribution >= 4 is 10.2 Å². The molecular weight excluding hydrogens is 274 g/mol. The van der Waals surface area contributed by atoms with Crippen LogP contribution in [0.15, 0.2) is 0 Å². The highest BCUT2D eigenvalue weighted by Gasteiger charge is 2.52. The van der Waals surface area contributed by atoms with Crippen LogP contribution >= 0.6 is 0 Å². The van der Waals surface area contributed by atoms with Crippen molar-refractivity contribution in [3.8, 4) is 0 Å². The average Bonchev–Trinajstić information content (AvgIpc) is 2.32. The lowest BCUT2D eigenvalue weighted by molar-refractivity contribution is -0.00874. The fraction of sp³-hybridized carbons (Fsp3) is 1.00. The van der Waals surface area contributed by atoms with Gasteiger partial charge in [-0.05, 0) is 69.2 Å². The van der Waals surface area contributed by atoms with E-state index in [2.05, 4.69) is 4.72 Å². The van der Waals surface area contributed by atoms with Crippen LogP contribution in [0.5, 0.6) is 0 Å². The summed E-state index contributed by atoms with van der Waals surface area (Å²) in [5.74, 6) is 2.25. The molecule has 0 aliphatic heterocycles. The summed E-state index contributed by atoms with van der Waals surface area (Å²) in [6.45, 7) is 1.02. The third-order valence-electron chi connectivity index (χ3n) is 5.47. The van der Waals surface area contributed by atoms with E-state index in [1.165, 1.54) is 23.6 Å². The van der Waals surface area contributed by atoms with E-state index < -0.39 is 10.2 Å². The largest absolute Gasteiger partial charge is 0.330 e. The molecule has 4 saturated carbocycles. The first-order valence-electron chi connectivity index (χ1n) is 7.88. The van der Waals surface area contributed by atoms with Gasteiger partial charge < -0.3 is 5.73 Å². The highest BCUT2D eigenvalue weighted by atomic mass is 32.2. The monoisotopic (exact) mass is 301 g/mol. The van der Waals surface area contributed by atoms with E-state index >= 15 is 0 Å². The second-order valence-electron chi connectivity index (χ2n) is 7.27. The van der Waals surface area contributed by atoms with Crippen molar-refractivity contribution in [2.24, 2.45) is 23.5 Å². The SMILES string of the molecule is CN(CCCN)S(=O)(=O)NC12CC3CC(CC(C3)C1)C2. The number of nitrogens with two attached hydrogens (primary N) is 1. The van der Waals surface area contributed by atoms with Crippen LogP contribution in [0.1, 0.15) is 44.9 Å². The summed E-state index contributed by atoms with van der Waals surface area (Å²) in [4.78, 5) is 0. The first-order chi connectivity index (χ1) is 9.42. The summed E-state index contributed by atoms with van der Waals surface area (Å²) in [6, 6.07) is 0. The summed E-state index contributed by atoms with van der Waals surface area (Å²) in [6.07, 6.45) is 7.81. The van der Waals surface area contributed by atoms with Crippen LogP contribution in [0.4, 0.5) is 0 Å². The second kappa shape index (κ2) is 5.23. The molecule has 20 heavy (non-hydrogen) atoms. The molecule has 4 aliphatic carbocycles. The molecule has 0 amide bonds. The molecule has 0 saturated heterocycles. The van der Waals surface area contributed by atoms with Gasteiger partial charge in [0, 0.05) is 19.1 Å². The number of hydrogen-bond donors (Lipinski definition) is 2. The Hall–Kier alpha value is -0.170. The first-order valence-corrected chi connectivity index (χ1v) is 9.32. The smallest absolute Gasteiger partial charge is 0.279 e. The Morgan fingerprint density at radius 2 is 1.65 bits per heavy atom. The third-order valence-corrected chi connectivity index (χ3v) is 7.17. The zero-order valence-electron chi connectivity index (χ0n) is 12.3. The predicted octanol–water partition coefficient (Wildman–Crippen LogP) is 1.07. The molecule has 0 unspecified atom stereocenters. The van der Waals surface area contributed by atoms with Gasteiger partial charge in [-0.2, -0.15) is 17.4 Å². The maximum absolute atomic E-state index is 12.5. The van der Waals surface area contributed by atoms with Crippen molar-refractivity contribution in [2.45, 2.75) is 50.5 Å². The Bertz CT molecular complexity index is 428. The van der Waals surface area contributed by atoms with Gasteiger partial charge in [-0.3, -0.25) is 0 Å². The molecule has 6 heteroatoms. The molecule has 4 aliphatic rings. The number of rotatable bonds is 6. The van der Waals surface area contributed by atoms with E-state index in [4.69, 9.17) is 5.73 Å². The Balaban J connectivity index is 1.70. The molecule has 0 atom stereocenters. The highest BCUT2D eigenvalue weighted by molar-refractivity contribution is 7.87. The Kier molecular flexibility index (Phi) is 3.86. The molecule has 3 N–H and O–H groups in total. The van der Waals surface area contributed by atoms with Gasteiger partial charge in [0.05, 0.1) is 0 Å². The predicted molar refractivity (Wildman–Crippen MR) is 79.3 cm³/mol. The molecule has 0 aromatic carbocycles. The van der Waals surface area contributed by atoms with Gasteiger partial charge in [0.2, 0.25) is 0 Å². The average molecular weight is 301 g/mol. The Morgan fingerprint density at radius 3 is 2.10 bits per heavy atom. The molecule has 4 rings (SSSR count). The topological polar surface area (TPSA) is 75.4 Å². The van der Waals surface area contributed by atoms with Crippen molar-refractivity contribution in [3.05, 3.63) is 0 Å². The minimum absolute atomic E-state index is 0.148. The van der Waals surface area contributed by atoms with Gasteiger partial charge in [0.1, 0.15) is 0 Å². The van der Waals surface area contributed by atoms with Crippen molar-refractivity contribution < 1.29 is 8.42 Å². The van der Waals surface area contributed by atoms with Gasteiger partial charge in [0.15, 0.2) is 0 Å². The van der Waals surface area contributed by atoms with Gasteiger partial charge in [-0.25, -0.2) is 0 Å². The van der Waals surface area contributed by atoms with E-state index in [9.17, 15) is 8.42 Å². The molecule has 5 nitrogen and oxygen atoms in total. The molecular formula is C14H27N3O2S. The van der Waals surface area contributed by atoms with Crippen LogP contribution in [0, 0.1) is 17.8 Å². The summed E-state index contributed by atoms with van der Waals surface area (Å²) in [5.41, 5.74) is 5.32. The molecule has 0 radical (unpaired) electrons. The van der Waals surface area contributed by atoms with Gasteiger partial charge in [-0.15, -0.1) is 0 Å². The summed E-state index contributed by atoms with van der Waals surface area (Å²) >= 11 is 0. The number of nitrogens with one attached hydrogen (secondary N) is 1. The Labute approximate surface area is 122 Å². The van der Waals surface area contributed by atoms with Crippen LogP contribution in [0.2, 0.25) is 0 Å². The fourth-order valence-corrected chi connectivity index (χ4v) is 6.34. The second-order valence-corrected chi connectivity index (χ2v) is 9.05. The van der Waals surface area contributed by atoms with Gasteiger partial charge in [0.25, 0.3) is 10.2 Å². The minimum atomic E-state index is -3.37. The summed E-state index contributed by atoms with van der Waals surface area (Å²) in [7, 11) is -1.72. The molecule has 4 fully saturated rings. The molecule has 0 heterocycles. The van der Waals surface area contributed by atoms with Crippen LogP contribution in [0.25, 0.3) is 0 Å². The standard InChI is InChI=1S/C14H27N3O2S/c1-17(4-2-3-15)20(18,19)16-14-8-11-5-12(9-14)7-13(6-11)10-14/h11-13,16H,2-10,15H2,1H3. The van der Waals surface area contributed by atoms with Gasteiger partial charge >= 0.3 is 0 Å². The minimum Gasteiger partial charge on any atom is -0.330 e. The molecule has 116 valence electrons. The van der Waals surface area contributed by atoms with Crippen molar-refractivity contribution in [1.82, 2.24) is 9.03 Å². The van der Waals surface area contributed by atoms with Crippen molar-refractivity contribution in [1.29, 1.82) is 0 Å². The van der Waals surface area contributed by atoms with Crippen LogP contribution in [-0.2, 0) is 10.2 Å². The Morgan fingerprint density at radius 1 is 1.15 bits per heavy atom. The third kappa shape index (κ3) is 2.75. The van der Waals surface area contributed by atoms with E-state index in [1.54, 1.807) is 7.05 Å².